The monoisotopic (exact) mass is 1010 g/mol. The van der Waals surface area contributed by atoms with Crippen LogP contribution in [0.3, 0.4) is 0 Å². The van der Waals surface area contributed by atoms with Crippen molar-refractivity contribution in [2.45, 2.75) is 225 Å². The third-order valence-electron chi connectivity index (χ3n) is 11.7. The van der Waals surface area contributed by atoms with Gasteiger partial charge in [-0.3, -0.25) is 9.59 Å². The van der Waals surface area contributed by atoms with E-state index in [0.29, 0.717) is 12.8 Å². The highest BCUT2D eigenvalue weighted by Gasteiger charge is 2.16. The van der Waals surface area contributed by atoms with Gasteiger partial charge in [0.05, 0.1) is 6.61 Å². The van der Waals surface area contributed by atoms with Crippen LogP contribution in [0.4, 0.5) is 0 Å². The summed E-state index contributed by atoms with van der Waals surface area (Å²) in [6.45, 7) is 3.87. The first-order valence-corrected chi connectivity index (χ1v) is 29.3. The summed E-state index contributed by atoms with van der Waals surface area (Å²) >= 11 is 0. The van der Waals surface area contributed by atoms with Crippen LogP contribution in [0.1, 0.15) is 219 Å². The van der Waals surface area contributed by atoms with Crippen LogP contribution in [-0.4, -0.2) is 36.4 Å². The number of unbranched alkanes of at least 4 members (excludes halogenated alkanes) is 13. The number of aliphatic hydroxyl groups excluding tert-OH is 1. The molecule has 0 bridgehead atoms. The summed E-state index contributed by atoms with van der Waals surface area (Å²) in [5.74, 6) is -0.641. The second kappa shape index (κ2) is 62.3. The lowest BCUT2D eigenvalue weighted by molar-refractivity contribution is -0.161. The molecule has 1 N–H and O–H groups in total. The smallest absolute Gasteiger partial charge is 0.306 e. The van der Waals surface area contributed by atoms with Gasteiger partial charge in [-0.1, -0.05) is 254 Å². The van der Waals surface area contributed by atoms with Crippen molar-refractivity contribution in [3.63, 3.8) is 0 Å². The van der Waals surface area contributed by atoms with Gasteiger partial charge in [-0.25, -0.2) is 0 Å². The maximum absolute atomic E-state index is 12.3. The lowest BCUT2D eigenvalue weighted by atomic mass is 10.1. The molecule has 0 saturated heterocycles. The minimum Gasteiger partial charge on any atom is -0.462 e. The van der Waals surface area contributed by atoms with E-state index < -0.39 is 6.10 Å². The Bertz CT molecular complexity index is 1720. The van der Waals surface area contributed by atoms with Gasteiger partial charge in [0.2, 0.25) is 0 Å². The summed E-state index contributed by atoms with van der Waals surface area (Å²) in [6, 6.07) is 0. The zero-order chi connectivity index (χ0) is 53.4. The molecule has 0 amide bonds. The summed E-state index contributed by atoms with van der Waals surface area (Å²) in [4.78, 5) is 24.5. The molecule has 1 unspecified atom stereocenters. The Hall–Kier alpha value is -5.00. The van der Waals surface area contributed by atoms with E-state index in [1.54, 1.807) is 0 Å². The molecule has 74 heavy (non-hydrogen) atoms. The van der Waals surface area contributed by atoms with Crippen molar-refractivity contribution in [2.75, 3.05) is 13.2 Å². The number of rotatable bonds is 51. The fourth-order valence-electron chi connectivity index (χ4n) is 7.37. The van der Waals surface area contributed by atoms with E-state index in [4.69, 9.17) is 9.47 Å². The number of ether oxygens (including phenoxy) is 2. The Morgan fingerprint density at radius 2 is 0.541 bits per heavy atom. The average molecular weight is 1020 g/mol. The molecule has 0 aliphatic heterocycles. The number of allylic oxidation sites excluding steroid dienone is 30. The number of esters is 2. The Labute approximate surface area is 455 Å². The minimum atomic E-state index is -0.802. The first kappa shape index (κ1) is 69.0. The van der Waals surface area contributed by atoms with Gasteiger partial charge < -0.3 is 14.6 Å². The van der Waals surface area contributed by atoms with Crippen LogP contribution >= 0.6 is 0 Å². The first-order valence-electron chi connectivity index (χ1n) is 29.3. The van der Waals surface area contributed by atoms with E-state index in [1.807, 2.05) is 0 Å². The molecule has 0 aromatic heterocycles. The lowest BCUT2D eigenvalue weighted by Gasteiger charge is -2.15. The Morgan fingerprint density at radius 1 is 0.311 bits per heavy atom. The second-order valence-electron chi connectivity index (χ2n) is 18.6. The van der Waals surface area contributed by atoms with Gasteiger partial charge in [-0.2, -0.15) is 0 Å². The third-order valence-corrected chi connectivity index (χ3v) is 11.7. The van der Waals surface area contributed by atoms with E-state index in [9.17, 15) is 14.7 Å². The second-order valence-corrected chi connectivity index (χ2v) is 18.6. The molecule has 1 atom stereocenters. The topological polar surface area (TPSA) is 72.8 Å². The molecule has 0 radical (unpaired) electrons. The highest BCUT2D eigenvalue weighted by molar-refractivity contribution is 5.70. The molecular weight excluding hydrogens is 909 g/mol. The van der Waals surface area contributed by atoms with Gasteiger partial charge in [0.25, 0.3) is 0 Å². The maximum atomic E-state index is 12.3. The van der Waals surface area contributed by atoms with Gasteiger partial charge in [0.1, 0.15) is 6.61 Å². The Morgan fingerprint density at radius 3 is 0.811 bits per heavy atom. The largest absolute Gasteiger partial charge is 0.462 e. The predicted molar refractivity (Wildman–Crippen MR) is 324 cm³/mol. The van der Waals surface area contributed by atoms with Gasteiger partial charge in [-0.15, -0.1) is 0 Å². The van der Waals surface area contributed by atoms with Crippen molar-refractivity contribution in [3.05, 3.63) is 182 Å². The highest BCUT2D eigenvalue weighted by atomic mass is 16.6. The van der Waals surface area contributed by atoms with E-state index in [0.717, 1.165) is 154 Å². The number of carbonyl (C=O) groups is 2. The van der Waals surface area contributed by atoms with E-state index in [-0.39, 0.29) is 25.2 Å². The zero-order valence-electron chi connectivity index (χ0n) is 47.0. The van der Waals surface area contributed by atoms with Crippen LogP contribution in [-0.2, 0) is 19.1 Å². The summed E-state index contributed by atoms with van der Waals surface area (Å²) in [5.41, 5.74) is 0. The summed E-state index contributed by atoms with van der Waals surface area (Å²) in [6.07, 6.45) is 98.6. The van der Waals surface area contributed by atoms with Gasteiger partial charge in [0, 0.05) is 12.8 Å². The molecule has 0 heterocycles. The predicted octanol–water partition coefficient (Wildman–Crippen LogP) is 20.3. The van der Waals surface area contributed by atoms with Crippen LogP contribution in [0.2, 0.25) is 0 Å². The van der Waals surface area contributed by atoms with Crippen molar-refractivity contribution in [2.24, 2.45) is 0 Å². The fraction of sp³-hybridized carbons (Fsp3) is 0.536. The van der Waals surface area contributed by atoms with Crippen LogP contribution in [0.5, 0.6) is 0 Å². The Balaban J connectivity index is 3.65. The molecule has 412 valence electrons. The highest BCUT2D eigenvalue weighted by Crippen LogP contribution is 2.13. The van der Waals surface area contributed by atoms with Crippen LogP contribution in [0.25, 0.3) is 0 Å². The van der Waals surface area contributed by atoms with Gasteiger partial charge in [0.15, 0.2) is 6.10 Å². The molecule has 0 aliphatic rings. The SMILES string of the molecule is CC/C=C\C/C=C\C/C=C\C/C=C\C/C=C\C/C=C\C/C=C\C/C=C\C/C=C\CCCCCCCCCCCC(=O)OC(CO)COC(=O)CCCCCC/C=C\C/C=C\C/C=C\C/C=C\C/C=C\C/C=C\CC. The molecule has 5 nitrogen and oxygen atoms in total. The minimum absolute atomic E-state index is 0.0941. The van der Waals surface area contributed by atoms with Crippen LogP contribution in [0.15, 0.2) is 182 Å². The molecule has 0 saturated carbocycles. The quantitative estimate of drug-likeness (QED) is 0.0373. The molecule has 0 rings (SSSR count). The van der Waals surface area contributed by atoms with Crippen molar-refractivity contribution in [1.82, 2.24) is 0 Å². The van der Waals surface area contributed by atoms with Gasteiger partial charge >= 0.3 is 11.9 Å². The number of aliphatic hydroxyl groups is 1. The van der Waals surface area contributed by atoms with E-state index >= 15 is 0 Å². The van der Waals surface area contributed by atoms with Crippen molar-refractivity contribution in [3.8, 4) is 0 Å². The maximum Gasteiger partial charge on any atom is 0.306 e. The standard InChI is InChI=1S/C69H106O5/c1-3-5-7-9-11-13-15-17-19-21-23-25-27-28-29-30-31-32-33-34-35-36-37-38-39-40-42-44-46-48-50-52-54-56-58-60-62-64-69(72)74-67(65-70)66-73-68(71)63-61-59-57-55-53-51-49-47-45-43-41-26-24-22-20-18-16-14-12-10-8-6-4-2/h5-8,11-14,17-20,23-26,28-29,31-32,34-35,37-38,40,42-43,45,49,51,67,70H,3-4,9-10,15-16,21-22,27,30,33,36,39,41,44,46-48,50,52-66H2,1-2H3/b7-5-,8-6-,13-11-,14-12-,19-17-,20-18-,25-23-,26-24-,29-28-,32-31-,35-34-,38-37-,42-40-,45-43-,51-49-. The average Bonchev–Trinajstić information content (AvgIpc) is 3.40. The van der Waals surface area contributed by atoms with Crippen molar-refractivity contribution >= 4 is 11.9 Å². The number of carbonyl (C=O) groups excluding carboxylic acids is 2. The summed E-state index contributed by atoms with van der Waals surface area (Å²) in [5, 5.41) is 9.66. The van der Waals surface area contributed by atoms with Gasteiger partial charge in [-0.05, 0) is 135 Å². The van der Waals surface area contributed by atoms with E-state index in [2.05, 4.69) is 196 Å². The molecule has 5 heteroatoms. The van der Waals surface area contributed by atoms with Crippen LogP contribution in [0, 0.1) is 0 Å². The molecular formula is C69H106O5. The molecule has 0 aromatic carbocycles. The summed E-state index contributed by atoms with van der Waals surface area (Å²) < 4.78 is 10.7. The first-order chi connectivity index (χ1) is 36.6. The fourth-order valence-corrected chi connectivity index (χ4v) is 7.37. The lowest BCUT2D eigenvalue weighted by Crippen LogP contribution is -2.28. The number of hydrogen-bond donors (Lipinski definition) is 1. The molecule has 0 aliphatic carbocycles. The Kier molecular flexibility index (Phi) is 58.1. The van der Waals surface area contributed by atoms with Crippen molar-refractivity contribution in [1.29, 1.82) is 0 Å². The zero-order valence-corrected chi connectivity index (χ0v) is 47.0. The molecule has 0 spiro atoms. The summed E-state index contributed by atoms with van der Waals surface area (Å²) in [7, 11) is 0. The number of hydrogen-bond acceptors (Lipinski definition) is 5. The third kappa shape index (κ3) is 59.6. The van der Waals surface area contributed by atoms with E-state index in [1.165, 1.54) is 38.5 Å². The molecule has 0 aromatic rings. The van der Waals surface area contributed by atoms with Crippen LogP contribution < -0.4 is 0 Å². The normalized spacial score (nSPS) is 13.6. The van der Waals surface area contributed by atoms with Crippen molar-refractivity contribution < 1.29 is 24.2 Å². The molecule has 0 fully saturated rings.